The molecule has 1 fully saturated rings. The molecule has 1 saturated heterocycles. The molecule has 0 amide bonds. The Hall–Kier alpha value is -0.120. The van der Waals surface area contributed by atoms with Crippen LogP contribution < -0.4 is 0 Å². The minimum absolute atomic E-state index is 0.145. The van der Waals surface area contributed by atoms with Crippen molar-refractivity contribution in [2.75, 3.05) is 13.7 Å². The minimum atomic E-state index is -0.548. The second-order valence-corrected chi connectivity index (χ2v) is 5.92. The summed E-state index contributed by atoms with van der Waals surface area (Å²) in [5, 5.41) is 10.6. The van der Waals surface area contributed by atoms with E-state index in [9.17, 15) is 5.11 Å². The van der Waals surface area contributed by atoms with E-state index >= 15 is 0 Å². The maximum Gasteiger partial charge on any atom is 0.0695 e. The van der Waals surface area contributed by atoms with Crippen molar-refractivity contribution < 1.29 is 14.6 Å². The Kier molecular flexibility index (Phi) is 5.42. The Morgan fingerprint density at radius 1 is 1.47 bits per heavy atom. The molecule has 0 aromatic carbocycles. The molecule has 1 heterocycles. The predicted molar refractivity (Wildman–Crippen MR) is 69.2 cm³/mol. The maximum absolute atomic E-state index is 10.6. The Morgan fingerprint density at radius 3 is 2.76 bits per heavy atom. The number of hydrogen-bond acceptors (Lipinski definition) is 3. The van der Waals surface area contributed by atoms with Crippen LogP contribution in [-0.2, 0) is 9.47 Å². The number of rotatable bonds is 6. The summed E-state index contributed by atoms with van der Waals surface area (Å²) in [5.74, 6) is 0. The zero-order chi connectivity index (χ0) is 12.9. The van der Waals surface area contributed by atoms with E-state index in [1.165, 1.54) is 0 Å². The topological polar surface area (TPSA) is 38.7 Å². The van der Waals surface area contributed by atoms with E-state index in [4.69, 9.17) is 9.47 Å². The summed E-state index contributed by atoms with van der Waals surface area (Å²) < 4.78 is 11.1. The Labute approximate surface area is 105 Å². The maximum atomic E-state index is 10.6. The van der Waals surface area contributed by atoms with Crippen molar-refractivity contribution in [1.29, 1.82) is 0 Å². The summed E-state index contributed by atoms with van der Waals surface area (Å²) in [7, 11) is 1.73. The van der Waals surface area contributed by atoms with Gasteiger partial charge in [0.25, 0.3) is 0 Å². The lowest BCUT2D eigenvalue weighted by Crippen LogP contribution is -2.42. The van der Waals surface area contributed by atoms with Crippen LogP contribution in [0.3, 0.4) is 0 Å². The van der Waals surface area contributed by atoms with Gasteiger partial charge in [-0.3, -0.25) is 0 Å². The minimum Gasteiger partial charge on any atom is -0.390 e. The van der Waals surface area contributed by atoms with Crippen LogP contribution in [0.1, 0.15) is 59.3 Å². The first kappa shape index (κ1) is 14.9. The monoisotopic (exact) mass is 244 g/mol. The van der Waals surface area contributed by atoms with Crippen LogP contribution in [0.4, 0.5) is 0 Å². The third kappa shape index (κ3) is 4.94. The van der Waals surface area contributed by atoms with Crippen molar-refractivity contribution in [2.45, 2.75) is 76.6 Å². The van der Waals surface area contributed by atoms with Crippen molar-refractivity contribution >= 4 is 0 Å². The molecule has 2 atom stereocenters. The van der Waals surface area contributed by atoms with Crippen LogP contribution >= 0.6 is 0 Å². The molecular formula is C14H28O3. The lowest BCUT2D eigenvalue weighted by Gasteiger charge is -2.38. The first-order valence-corrected chi connectivity index (χ1v) is 6.80. The van der Waals surface area contributed by atoms with Gasteiger partial charge in [-0.2, -0.15) is 0 Å². The summed E-state index contributed by atoms with van der Waals surface area (Å²) in [6.07, 6.45) is 5.63. The molecule has 17 heavy (non-hydrogen) atoms. The third-order valence-corrected chi connectivity index (χ3v) is 3.88. The molecule has 0 radical (unpaired) electrons. The van der Waals surface area contributed by atoms with Gasteiger partial charge in [-0.05, 0) is 39.5 Å². The van der Waals surface area contributed by atoms with E-state index in [0.29, 0.717) is 6.61 Å². The van der Waals surface area contributed by atoms with E-state index in [1.807, 2.05) is 0 Å². The molecule has 1 N–H and O–H groups in total. The Bertz CT molecular complexity index is 226. The highest BCUT2D eigenvalue weighted by molar-refractivity contribution is 4.87. The number of hydrogen-bond donors (Lipinski definition) is 1. The van der Waals surface area contributed by atoms with Crippen molar-refractivity contribution in [3.8, 4) is 0 Å². The molecule has 1 rings (SSSR count). The van der Waals surface area contributed by atoms with Gasteiger partial charge in [0.15, 0.2) is 0 Å². The fourth-order valence-corrected chi connectivity index (χ4v) is 2.37. The first-order valence-electron chi connectivity index (χ1n) is 6.80. The van der Waals surface area contributed by atoms with Gasteiger partial charge in [-0.25, -0.2) is 0 Å². The van der Waals surface area contributed by atoms with Gasteiger partial charge in [0.1, 0.15) is 0 Å². The van der Waals surface area contributed by atoms with Gasteiger partial charge < -0.3 is 14.6 Å². The normalized spacial score (nSPS) is 30.5. The first-order chi connectivity index (χ1) is 7.91. The third-order valence-electron chi connectivity index (χ3n) is 3.88. The summed E-state index contributed by atoms with van der Waals surface area (Å²) in [4.78, 5) is 0. The highest BCUT2D eigenvalue weighted by atomic mass is 16.5. The molecule has 102 valence electrons. The summed E-state index contributed by atoms with van der Waals surface area (Å²) >= 11 is 0. The van der Waals surface area contributed by atoms with E-state index in [1.54, 1.807) is 7.11 Å². The molecule has 3 heteroatoms. The molecule has 0 bridgehead atoms. The highest BCUT2D eigenvalue weighted by Crippen LogP contribution is 2.33. The Balaban J connectivity index is 2.44. The molecule has 1 aliphatic rings. The number of methoxy groups -OCH3 is 1. The van der Waals surface area contributed by atoms with E-state index in [-0.39, 0.29) is 11.7 Å². The number of aliphatic hydroxyl groups is 1. The van der Waals surface area contributed by atoms with Gasteiger partial charge >= 0.3 is 0 Å². The summed E-state index contributed by atoms with van der Waals surface area (Å²) in [5.41, 5.74) is -0.692. The van der Waals surface area contributed by atoms with Crippen LogP contribution in [0.2, 0.25) is 0 Å². The van der Waals surface area contributed by atoms with E-state index in [0.717, 1.165) is 38.5 Å². The molecule has 0 aliphatic carbocycles. The van der Waals surface area contributed by atoms with Gasteiger partial charge in [-0.1, -0.05) is 13.3 Å². The second kappa shape index (κ2) is 6.17. The predicted octanol–water partition coefficient (Wildman–Crippen LogP) is 2.90. The summed E-state index contributed by atoms with van der Waals surface area (Å²) in [6.45, 7) is 6.98. The Morgan fingerprint density at radius 2 is 2.18 bits per heavy atom. The SMILES string of the molecule is CCCC1CC(O)(CCC(C)(C)OC)CCO1. The number of ether oxygens (including phenoxy) is 2. The standard InChI is InChI=1S/C14H28O3/c1-5-6-12-11-14(15,9-10-17-12)8-7-13(2,3)16-4/h12,15H,5-11H2,1-4H3. The fraction of sp³-hybridized carbons (Fsp3) is 1.00. The quantitative estimate of drug-likeness (QED) is 0.781. The van der Waals surface area contributed by atoms with Crippen LogP contribution in [0, 0.1) is 0 Å². The van der Waals surface area contributed by atoms with E-state index in [2.05, 4.69) is 20.8 Å². The molecule has 3 nitrogen and oxygen atoms in total. The smallest absolute Gasteiger partial charge is 0.0695 e. The van der Waals surface area contributed by atoms with Crippen molar-refractivity contribution in [3.63, 3.8) is 0 Å². The molecule has 0 spiro atoms. The van der Waals surface area contributed by atoms with Crippen LogP contribution in [0.25, 0.3) is 0 Å². The largest absolute Gasteiger partial charge is 0.390 e. The van der Waals surface area contributed by atoms with Crippen molar-refractivity contribution in [2.24, 2.45) is 0 Å². The average Bonchev–Trinajstić information content (AvgIpc) is 2.28. The van der Waals surface area contributed by atoms with Crippen LogP contribution in [-0.4, -0.2) is 36.1 Å². The van der Waals surface area contributed by atoms with E-state index < -0.39 is 5.60 Å². The van der Waals surface area contributed by atoms with Gasteiger partial charge in [0.05, 0.1) is 17.3 Å². The van der Waals surface area contributed by atoms with Gasteiger partial charge in [0, 0.05) is 20.1 Å². The van der Waals surface area contributed by atoms with Crippen molar-refractivity contribution in [3.05, 3.63) is 0 Å². The molecular weight excluding hydrogens is 216 g/mol. The van der Waals surface area contributed by atoms with Crippen LogP contribution in [0.15, 0.2) is 0 Å². The van der Waals surface area contributed by atoms with Crippen molar-refractivity contribution in [1.82, 2.24) is 0 Å². The second-order valence-electron chi connectivity index (χ2n) is 5.92. The van der Waals surface area contributed by atoms with Gasteiger partial charge in [0.2, 0.25) is 0 Å². The molecule has 0 aromatic heterocycles. The molecule has 0 aromatic rings. The zero-order valence-electron chi connectivity index (χ0n) is 11.8. The lowest BCUT2D eigenvalue weighted by molar-refractivity contribution is -0.117. The average molecular weight is 244 g/mol. The highest BCUT2D eigenvalue weighted by Gasteiger charge is 2.35. The molecule has 1 aliphatic heterocycles. The molecule has 2 unspecified atom stereocenters. The van der Waals surface area contributed by atoms with Crippen LogP contribution in [0.5, 0.6) is 0 Å². The fourth-order valence-electron chi connectivity index (χ4n) is 2.37. The zero-order valence-corrected chi connectivity index (χ0v) is 11.8. The lowest BCUT2D eigenvalue weighted by atomic mass is 9.82. The summed E-state index contributed by atoms with van der Waals surface area (Å²) in [6, 6.07) is 0. The van der Waals surface area contributed by atoms with Gasteiger partial charge in [-0.15, -0.1) is 0 Å². The molecule has 0 saturated carbocycles.